The lowest BCUT2D eigenvalue weighted by molar-refractivity contribution is -0.527. The van der Waals surface area contributed by atoms with Crippen LogP contribution in [-0.4, -0.2) is 33.6 Å². The van der Waals surface area contributed by atoms with Crippen LogP contribution in [0.15, 0.2) is 11.7 Å². The van der Waals surface area contributed by atoms with E-state index in [1.54, 1.807) is 11.7 Å². The van der Waals surface area contributed by atoms with Gasteiger partial charge in [-0.3, -0.25) is 15.1 Å². The van der Waals surface area contributed by atoms with E-state index in [0.717, 1.165) is 4.88 Å². The number of nitro groups is 1. The molecule has 1 saturated carbocycles. The lowest BCUT2D eigenvalue weighted by Gasteiger charge is -2.26. The third-order valence-corrected chi connectivity index (χ3v) is 3.86. The molecule has 1 heterocycles. The first kappa shape index (κ1) is 14.3. The first-order valence-electron chi connectivity index (χ1n) is 6.11. The average molecular weight is 288 g/mol. The van der Waals surface area contributed by atoms with Crippen molar-refractivity contribution in [1.29, 1.82) is 0 Å². The van der Waals surface area contributed by atoms with E-state index in [2.05, 4.69) is 4.98 Å². The predicted octanol–water partition coefficient (Wildman–Crippen LogP) is 1.54. The van der Waals surface area contributed by atoms with Crippen LogP contribution in [0.5, 0.6) is 0 Å². The van der Waals surface area contributed by atoms with E-state index in [4.69, 9.17) is 9.47 Å². The van der Waals surface area contributed by atoms with Crippen LogP contribution in [0.3, 0.4) is 0 Å². The van der Waals surface area contributed by atoms with E-state index in [0.29, 0.717) is 25.7 Å². The summed E-state index contributed by atoms with van der Waals surface area (Å²) in [6.07, 6.45) is 3.62. The molecule has 7 nitrogen and oxygen atoms in total. The molecule has 0 spiro atoms. The summed E-state index contributed by atoms with van der Waals surface area (Å²) in [5.74, 6) is 0. The minimum Gasteiger partial charge on any atom is -0.346 e. The summed E-state index contributed by atoms with van der Waals surface area (Å²) in [5.41, 5.74) is 1.69. The second-order valence-electron chi connectivity index (χ2n) is 4.44. The Morgan fingerprint density at radius 2 is 2.26 bits per heavy atom. The van der Waals surface area contributed by atoms with Crippen LogP contribution in [0, 0.1) is 10.1 Å². The first-order valence-corrected chi connectivity index (χ1v) is 6.99. The van der Waals surface area contributed by atoms with Gasteiger partial charge in [-0.05, 0) is 12.8 Å². The van der Waals surface area contributed by atoms with Crippen LogP contribution in [0.25, 0.3) is 0 Å². The van der Waals surface area contributed by atoms with Gasteiger partial charge in [0.2, 0.25) is 6.04 Å². The quantitative estimate of drug-likeness (QED) is 0.484. The number of aliphatic hydroxyl groups excluding tert-OH is 1. The lowest BCUT2D eigenvalue weighted by Crippen LogP contribution is -2.32. The molecule has 1 aliphatic rings. The van der Waals surface area contributed by atoms with Gasteiger partial charge < -0.3 is 14.6 Å². The number of thiazole rings is 1. The largest absolute Gasteiger partial charge is 0.346 e. The Morgan fingerprint density at radius 3 is 2.84 bits per heavy atom. The van der Waals surface area contributed by atoms with E-state index in [1.165, 1.54) is 11.3 Å². The molecule has 1 fully saturated rings. The summed E-state index contributed by atoms with van der Waals surface area (Å²) in [4.78, 5) is 15.2. The zero-order valence-corrected chi connectivity index (χ0v) is 11.1. The maximum absolute atomic E-state index is 10.6. The molecule has 0 radical (unpaired) electrons. The highest BCUT2D eigenvalue weighted by Gasteiger charge is 2.30. The van der Waals surface area contributed by atoms with E-state index in [9.17, 15) is 15.2 Å². The summed E-state index contributed by atoms with van der Waals surface area (Å²) in [5, 5.41) is 20.2. The van der Waals surface area contributed by atoms with Crippen molar-refractivity contribution < 1.29 is 19.5 Å². The molecule has 0 amide bonds. The van der Waals surface area contributed by atoms with Crippen molar-refractivity contribution in [2.45, 2.75) is 50.9 Å². The fourth-order valence-corrected chi connectivity index (χ4v) is 2.58. The fraction of sp³-hybridized carbons (Fsp3) is 0.727. The van der Waals surface area contributed by atoms with Gasteiger partial charge in [-0.2, -0.15) is 0 Å². The molecule has 1 aliphatic carbocycles. The third-order valence-electron chi connectivity index (χ3n) is 3.10. The summed E-state index contributed by atoms with van der Waals surface area (Å²) < 4.78 is 10.4. The Hall–Kier alpha value is -1.09. The molecule has 2 rings (SSSR count). The number of ether oxygens (including phenoxy) is 2. The van der Waals surface area contributed by atoms with Gasteiger partial charge in [0, 0.05) is 24.0 Å². The monoisotopic (exact) mass is 288 g/mol. The molecule has 0 aliphatic heterocycles. The highest BCUT2D eigenvalue weighted by atomic mass is 32.1. The molecule has 0 saturated heterocycles. The Kier molecular flexibility index (Phi) is 5.20. The molecule has 1 aromatic heterocycles. The van der Waals surface area contributed by atoms with Crippen LogP contribution in [-0.2, 0) is 16.1 Å². The highest BCUT2D eigenvalue weighted by Crippen LogP contribution is 2.24. The number of hydrogen-bond donors (Lipinski definition) is 1. The maximum atomic E-state index is 10.6. The smallest absolute Gasteiger partial charge is 0.269 e. The van der Waals surface area contributed by atoms with Crippen molar-refractivity contribution in [1.82, 2.24) is 4.98 Å². The summed E-state index contributed by atoms with van der Waals surface area (Å²) >= 11 is 1.44. The number of aliphatic hydroxyl groups is 1. The molecule has 8 heteroatoms. The van der Waals surface area contributed by atoms with Crippen molar-refractivity contribution in [3.05, 3.63) is 26.7 Å². The van der Waals surface area contributed by atoms with Crippen molar-refractivity contribution in [3.8, 4) is 0 Å². The topological polar surface area (TPSA) is 94.7 Å². The number of nitrogens with zero attached hydrogens (tertiary/aromatic N) is 2. The van der Waals surface area contributed by atoms with Gasteiger partial charge in [-0.25, -0.2) is 0 Å². The van der Waals surface area contributed by atoms with Gasteiger partial charge in [0.1, 0.15) is 0 Å². The highest BCUT2D eigenvalue weighted by molar-refractivity contribution is 7.09. The SMILES string of the molecule is O=[N+]([O-])C1CCC(OC(O)OCc2cncs2)CC1. The second-order valence-corrected chi connectivity index (χ2v) is 5.41. The fourth-order valence-electron chi connectivity index (χ4n) is 2.06. The molecule has 0 aromatic carbocycles. The van der Waals surface area contributed by atoms with Gasteiger partial charge >= 0.3 is 0 Å². The first-order chi connectivity index (χ1) is 9.15. The molecule has 19 heavy (non-hydrogen) atoms. The normalized spacial score (nSPS) is 25.1. The van der Waals surface area contributed by atoms with Crippen LogP contribution in [0.1, 0.15) is 30.6 Å². The summed E-state index contributed by atoms with van der Waals surface area (Å²) in [7, 11) is 0. The Morgan fingerprint density at radius 1 is 1.53 bits per heavy atom. The Bertz CT molecular complexity index is 392. The van der Waals surface area contributed by atoms with Gasteiger partial charge in [0.25, 0.3) is 6.48 Å². The molecular formula is C11H16N2O5S. The Labute approximate surface area is 114 Å². The average Bonchev–Trinajstić information content (AvgIpc) is 2.90. The van der Waals surface area contributed by atoms with Gasteiger partial charge in [0.05, 0.1) is 23.1 Å². The molecule has 0 bridgehead atoms. The zero-order valence-electron chi connectivity index (χ0n) is 10.3. The minimum absolute atomic E-state index is 0.173. The van der Waals surface area contributed by atoms with Crippen molar-refractivity contribution in [3.63, 3.8) is 0 Å². The van der Waals surface area contributed by atoms with Crippen LogP contribution >= 0.6 is 11.3 Å². The number of rotatable bonds is 6. The molecule has 106 valence electrons. The molecular weight excluding hydrogens is 272 g/mol. The van der Waals surface area contributed by atoms with Gasteiger partial charge in [-0.15, -0.1) is 11.3 Å². The molecule has 1 unspecified atom stereocenters. The molecule has 1 atom stereocenters. The maximum Gasteiger partial charge on any atom is 0.269 e. The van der Waals surface area contributed by atoms with E-state index in [-0.39, 0.29) is 17.6 Å². The number of aromatic nitrogens is 1. The van der Waals surface area contributed by atoms with Crippen molar-refractivity contribution in [2.24, 2.45) is 0 Å². The predicted molar refractivity (Wildman–Crippen MR) is 67.0 cm³/mol. The Balaban J connectivity index is 1.66. The standard InChI is InChI=1S/C11H16N2O5S/c14-11(17-6-10-5-12-7-19-10)18-9-3-1-8(2-4-9)13(15)16/h5,7-9,11,14H,1-4,6H2. The van der Waals surface area contributed by atoms with Gasteiger partial charge in [0.15, 0.2) is 0 Å². The van der Waals surface area contributed by atoms with E-state index >= 15 is 0 Å². The minimum atomic E-state index is -1.29. The van der Waals surface area contributed by atoms with Crippen molar-refractivity contribution >= 4 is 11.3 Å². The summed E-state index contributed by atoms with van der Waals surface area (Å²) in [6.45, 7) is -1.05. The van der Waals surface area contributed by atoms with Crippen LogP contribution in [0.4, 0.5) is 0 Å². The number of hydrogen-bond acceptors (Lipinski definition) is 7. The lowest BCUT2D eigenvalue weighted by atomic mass is 9.93. The summed E-state index contributed by atoms with van der Waals surface area (Å²) in [6, 6.07) is -0.477. The van der Waals surface area contributed by atoms with E-state index < -0.39 is 12.5 Å². The van der Waals surface area contributed by atoms with Crippen molar-refractivity contribution in [2.75, 3.05) is 0 Å². The van der Waals surface area contributed by atoms with Gasteiger partial charge in [-0.1, -0.05) is 0 Å². The third kappa shape index (κ3) is 4.50. The second kappa shape index (κ2) is 6.90. The van der Waals surface area contributed by atoms with Crippen LogP contribution < -0.4 is 0 Å². The molecule has 1 aromatic rings. The molecule has 1 N–H and O–H groups in total. The van der Waals surface area contributed by atoms with E-state index in [1.807, 2.05) is 0 Å². The zero-order chi connectivity index (χ0) is 13.7. The van der Waals surface area contributed by atoms with Crippen LogP contribution in [0.2, 0.25) is 0 Å².